The summed E-state index contributed by atoms with van der Waals surface area (Å²) in [4.78, 5) is 4.04. The van der Waals surface area contributed by atoms with Crippen LogP contribution < -0.4 is 10.6 Å². The Morgan fingerprint density at radius 2 is 2.27 bits per heavy atom. The largest absolute Gasteiger partial charge is 0.363 e. The first-order valence-electron chi connectivity index (χ1n) is 5.19. The van der Waals surface area contributed by atoms with Crippen molar-refractivity contribution in [2.75, 3.05) is 13.1 Å². The maximum absolute atomic E-state index is 5.07. The van der Waals surface area contributed by atoms with Crippen LogP contribution in [0.5, 0.6) is 0 Å². The van der Waals surface area contributed by atoms with Crippen LogP contribution >= 0.6 is 12.2 Å². The first kappa shape index (κ1) is 11.9. The lowest BCUT2D eigenvalue weighted by Crippen LogP contribution is -2.36. The SMILES string of the molecule is CCCNC(=S)NCCCc1ncn[nH]1. The number of aromatic nitrogens is 3. The molecule has 0 amide bonds. The molecular formula is C9H17N5S. The molecule has 84 valence electrons. The summed E-state index contributed by atoms with van der Waals surface area (Å²) >= 11 is 5.07. The number of thiocarbonyl (C=S) groups is 1. The van der Waals surface area contributed by atoms with Crippen LogP contribution in [-0.2, 0) is 6.42 Å². The molecule has 0 aliphatic rings. The number of hydrogen-bond donors (Lipinski definition) is 3. The van der Waals surface area contributed by atoms with Gasteiger partial charge in [0.25, 0.3) is 0 Å². The average Bonchev–Trinajstić information content (AvgIpc) is 2.74. The van der Waals surface area contributed by atoms with Gasteiger partial charge in [0.05, 0.1) is 0 Å². The van der Waals surface area contributed by atoms with E-state index in [0.717, 1.165) is 43.3 Å². The molecule has 3 N–H and O–H groups in total. The molecule has 0 unspecified atom stereocenters. The molecule has 0 saturated heterocycles. The van der Waals surface area contributed by atoms with Gasteiger partial charge in [0.1, 0.15) is 12.2 Å². The van der Waals surface area contributed by atoms with Gasteiger partial charge in [-0.05, 0) is 25.1 Å². The molecule has 0 aliphatic heterocycles. The third-order valence-corrected chi connectivity index (χ3v) is 2.17. The first-order chi connectivity index (χ1) is 7.33. The molecule has 0 bridgehead atoms. The van der Waals surface area contributed by atoms with Crippen LogP contribution in [-0.4, -0.2) is 33.4 Å². The Bertz CT molecular complexity index is 272. The Balaban J connectivity index is 1.99. The predicted octanol–water partition coefficient (Wildman–Crippen LogP) is 0.611. The molecule has 15 heavy (non-hydrogen) atoms. The summed E-state index contributed by atoms with van der Waals surface area (Å²) in [5.41, 5.74) is 0. The third kappa shape index (κ3) is 5.31. The second kappa shape index (κ2) is 7.17. The van der Waals surface area contributed by atoms with Crippen LogP contribution in [0.2, 0.25) is 0 Å². The second-order valence-corrected chi connectivity index (χ2v) is 3.63. The van der Waals surface area contributed by atoms with Gasteiger partial charge >= 0.3 is 0 Å². The van der Waals surface area contributed by atoms with Crippen molar-refractivity contribution < 1.29 is 0 Å². The van der Waals surface area contributed by atoms with Crippen molar-refractivity contribution >= 4 is 17.3 Å². The van der Waals surface area contributed by atoms with Crippen LogP contribution in [0.15, 0.2) is 6.33 Å². The molecule has 1 aromatic heterocycles. The van der Waals surface area contributed by atoms with Gasteiger partial charge < -0.3 is 10.6 Å². The van der Waals surface area contributed by atoms with E-state index in [2.05, 4.69) is 32.7 Å². The van der Waals surface area contributed by atoms with Gasteiger partial charge in [-0.2, -0.15) is 5.10 Å². The van der Waals surface area contributed by atoms with E-state index in [9.17, 15) is 0 Å². The minimum atomic E-state index is 0.731. The molecule has 6 heteroatoms. The monoisotopic (exact) mass is 227 g/mol. The summed E-state index contributed by atoms with van der Waals surface area (Å²) in [6.07, 6.45) is 4.49. The van der Waals surface area contributed by atoms with Crippen LogP contribution in [0.1, 0.15) is 25.6 Å². The molecule has 1 aromatic rings. The van der Waals surface area contributed by atoms with Crippen molar-refractivity contribution in [2.24, 2.45) is 0 Å². The van der Waals surface area contributed by atoms with Gasteiger partial charge in [-0.15, -0.1) is 0 Å². The molecular weight excluding hydrogens is 210 g/mol. The van der Waals surface area contributed by atoms with Crippen molar-refractivity contribution in [3.63, 3.8) is 0 Å². The molecule has 1 heterocycles. The summed E-state index contributed by atoms with van der Waals surface area (Å²) in [5, 5.41) is 13.6. The highest BCUT2D eigenvalue weighted by Crippen LogP contribution is 1.91. The fourth-order valence-electron chi connectivity index (χ4n) is 1.11. The maximum atomic E-state index is 5.07. The average molecular weight is 227 g/mol. The highest BCUT2D eigenvalue weighted by molar-refractivity contribution is 7.80. The number of H-pyrrole nitrogens is 1. The van der Waals surface area contributed by atoms with E-state index < -0.39 is 0 Å². The number of nitrogens with zero attached hydrogens (tertiary/aromatic N) is 2. The van der Waals surface area contributed by atoms with Crippen molar-refractivity contribution in [3.05, 3.63) is 12.2 Å². The van der Waals surface area contributed by atoms with Crippen LogP contribution in [0.4, 0.5) is 0 Å². The Morgan fingerprint density at radius 3 is 2.93 bits per heavy atom. The van der Waals surface area contributed by atoms with Crippen LogP contribution in [0.3, 0.4) is 0 Å². The number of aryl methyl sites for hydroxylation is 1. The number of aromatic amines is 1. The zero-order valence-corrected chi connectivity index (χ0v) is 9.73. The van der Waals surface area contributed by atoms with Gasteiger partial charge in [0.15, 0.2) is 5.11 Å². The number of rotatable bonds is 6. The van der Waals surface area contributed by atoms with Crippen LogP contribution in [0, 0.1) is 0 Å². The normalized spacial score (nSPS) is 9.93. The lowest BCUT2D eigenvalue weighted by Gasteiger charge is -2.08. The summed E-state index contributed by atoms with van der Waals surface area (Å²) in [5.74, 6) is 0.921. The van der Waals surface area contributed by atoms with Gasteiger partial charge in [-0.3, -0.25) is 5.10 Å². The zero-order chi connectivity index (χ0) is 10.9. The highest BCUT2D eigenvalue weighted by Gasteiger charge is 1.96. The number of nitrogens with one attached hydrogen (secondary N) is 3. The zero-order valence-electron chi connectivity index (χ0n) is 8.92. The van der Waals surface area contributed by atoms with Crippen molar-refractivity contribution in [2.45, 2.75) is 26.2 Å². The molecule has 0 atom stereocenters. The molecule has 0 saturated carbocycles. The van der Waals surface area contributed by atoms with Crippen LogP contribution in [0.25, 0.3) is 0 Å². The van der Waals surface area contributed by atoms with Crippen molar-refractivity contribution in [3.8, 4) is 0 Å². The van der Waals surface area contributed by atoms with E-state index in [1.807, 2.05) is 0 Å². The fourth-order valence-corrected chi connectivity index (χ4v) is 1.31. The summed E-state index contributed by atoms with van der Waals surface area (Å²) in [6, 6.07) is 0. The smallest absolute Gasteiger partial charge is 0.166 e. The molecule has 0 aromatic carbocycles. The second-order valence-electron chi connectivity index (χ2n) is 3.22. The van der Waals surface area contributed by atoms with Gasteiger partial charge in [-0.25, -0.2) is 4.98 Å². The van der Waals surface area contributed by atoms with Crippen molar-refractivity contribution in [1.82, 2.24) is 25.8 Å². The summed E-state index contributed by atoms with van der Waals surface area (Å²) in [6.45, 7) is 3.89. The fraction of sp³-hybridized carbons (Fsp3) is 0.667. The molecule has 0 aliphatic carbocycles. The van der Waals surface area contributed by atoms with E-state index in [1.165, 1.54) is 6.33 Å². The Kier molecular flexibility index (Phi) is 5.69. The first-order valence-corrected chi connectivity index (χ1v) is 5.59. The topological polar surface area (TPSA) is 65.6 Å². The van der Waals surface area contributed by atoms with Gasteiger partial charge in [0.2, 0.25) is 0 Å². The number of hydrogen-bond acceptors (Lipinski definition) is 3. The molecule has 1 rings (SSSR count). The lowest BCUT2D eigenvalue weighted by molar-refractivity contribution is 0.726. The lowest BCUT2D eigenvalue weighted by atomic mass is 10.3. The quantitative estimate of drug-likeness (QED) is 0.491. The summed E-state index contributed by atoms with van der Waals surface area (Å²) < 4.78 is 0. The Morgan fingerprint density at radius 1 is 1.47 bits per heavy atom. The van der Waals surface area contributed by atoms with Gasteiger partial charge in [-0.1, -0.05) is 6.92 Å². The Labute approximate surface area is 95.1 Å². The minimum Gasteiger partial charge on any atom is -0.363 e. The molecule has 0 radical (unpaired) electrons. The van der Waals surface area contributed by atoms with Crippen molar-refractivity contribution in [1.29, 1.82) is 0 Å². The van der Waals surface area contributed by atoms with E-state index in [0.29, 0.717) is 0 Å². The van der Waals surface area contributed by atoms with E-state index in [4.69, 9.17) is 12.2 Å². The van der Waals surface area contributed by atoms with E-state index in [-0.39, 0.29) is 0 Å². The van der Waals surface area contributed by atoms with E-state index in [1.54, 1.807) is 0 Å². The Hall–Kier alpha value is -1.17. The highest BCUT2D eigenvalue weighted by atomic mass is 32.1. The molecule has 0 fully saturated rings. The molecule has 5 nitrogen and oxygen atoms in total. The predicted molar refractivity (Wildman–Crippen MR) is 63.6 cm³/mol. The third-order valence-electron chi connectivity index (χ3n) is 1.88. The molecule has 0 spiro atoms. The van der Waals surface area contributed by atoms with Gasteiger partial charge in [0, 0.05) is 19.5 Å². The summed E-state index contributed by atoms with van der Waals surface area (Å²) in [7, 11) is 0. The standard InChI is InChI=1S/C9H17N5S/c1-2-5-10-9(15)11-6-3-4-8-12-7-13-14-8/h7H,2-6H2,1H3,(H2,10,11,15)(H,12,13,14). The minimum absolute atomic E-state index is 0.731. The van der Waals surface area contributed by atoms with E-state index >= 15 is 0 Å². The maximum Gasteiger partial charge on any atom is 0.166 e.